The van der Waals surface area contributed by atoms with Gasteiger partial charge < -0.3 is 14.2 Å². The molecule has 43 heavy (non-hydrogen) atoms. The number of ether oxygens (including phenoxy) is 1. The summed E-state index contributed by atoms with van der Waals surface area (Å²) >= 11 is 15.0. The largest absolute Gasteiger partial charge is 0.378 e. The summed E-state index contributed by atoms with van der Waals surface area (Å²) in [5, 5.41) is 20.9. The number of halogens is 3. The highest BCUT2D eigenvalue weighted by Gasteiger charge is 2.34. The maximum Gasteiger partial charge on any atom is 0.257 e. The van der Waals surface area contributed by atoms with Gasteiger partial charge in [-0.1, -0.05) is 29.3 Å². The summed E-state index contributed by atoms with van der Waals surface area (Å²) < 4.78 is 23.0. The quantitative estimate of drug-likeness (QED) is 0.262. The van der Waals surface area contributed by atoms with Gasteiger partial charge >= 0.3 is 0 Å². The Balaban J connectivity index is 1.31. The molecule has 3 aromatic heterocycles. The van der Waals surface area contributed by atoms with Gasteiger partial charge in [-0.15, -0.1) is 11.3 Å². The van der Waals surface area contributed by atoms with Crippen LogP contribution in [0.5, 0.6) is 0 Å². The molecular weight excluding hydrogens is 614 g/mol. The van der Waals surface area contributed by atoms with Gasteiger partial charge in [0.15, 0.2) is 11.2 Å². The fourth-order valence-electron chi connectivity index (χ4n) is 5.69. The minimum Gasteiger partial charge on any atom is -0.378 e. The number of morpholine rings is 1. The Kier molecular flexibility index (Phi) is 7.26. The zero-order valence-corrected chi connectivity index (χ0v) is 24.8. The second-order valence-corrected chi connectivity index (χ2v) is 12.0. The molecule has 1 amide bonds. The van der Waals surface area contributed by atoms with Crippen molar-refractivity contribution in [1.29, 1.82) is 5.26 Å². The molecule has 2 aliphatic rings. The first-order valence-corrected chi connectivity index (χ1v) is 15.2. The summed E-state index contributed by atoms with van der Waals surface area (Å²) in [7, 11) is 0. The maximum atomic E-state index is 14.3. The molecule has 218 valence electrons. The van der Waals surface area contributed by atoms with Crippen LogP contribution in [0.2, 0.25) is 10.0 Å². The number of imidazole rings is 1. The first-order chi connectivity index (χ1) is 20.9. The minimum atomic E-state index is -1.06. The summed E-state index contributed by atoms with van der Waals surface area (Å²) in [6, 6.07) is 8.59. The van der Waals surface area contributed by atoms with Gasteiger partial charge in [0.25, 0.3) is 5.91 Å². The number of hydrogen-bond donors (Lipinski definition) is 1. The van der Waals surface area contributed by atoms with Crippen molar-refractivity contribution in [3.63, 3.8) is 0 Å². The van der Waals surface area contributed by atoms with Crippen molar-refractivity contribution < 1.29 is 13.9 Å². The molecule has 1 N–H and O–H groups in total. The number of nitrogens with one attached hydrogen (secondary N) is 1. The summed E-state index contributed by atoms with van der Waals surface area (Å²) in [6.07, 6.45) is 3.86. The lowest BCUT2D eigenvalue weighted by Crippen LogP contribution is -2.36. The first kappa shape index (κ1) is 27.8. The highest BCUT2D eigenvalue weighted by molar-refractivity contribution is 7.13. The molecule has 5 aromatic rings. The molecule has 7 rings (SSSR count). The molecule has 1 unspecified atom stereocenters. The highest BCUT2D eigenvalue weighted by atomic mass is 35.5. The summed E-state index contributed by atoms with van der Waals surface area (Å²) in [5.74, 6) is -0.434. The SMILES string of the molecule is N#Cc1cc(-c2cc(Cl)c3cn(C(C(=O)Nc4nccs4)c4ncn5c4C[C@@H](F)C5)nc3c2Cl)ccc1N1CCOCC1. The molecule has 5 heterocycles. The molecule has 2 aliphatic heterocycles. The van der Waals surface area contributed by atoms with E-state index in [1.807, 2.05) is 12.1 Å². The van der Waals surface area contributed by atoms with Crippen LogP contribution in [0.1, 0.15) is 23.0 Å². The van der Waals surface area contributed by atoms with E-state index in [0.717, 1.165) is 5.69 Å². The molecular formula is C29H23Cl2FN8O2S. The molecule has 0 radical (unpaired) electrons. The highest BCUT2D eigenvalue weighted by Crippen LogP contribution is 2.40. The van der Waals surface area contributed by atoms with Crippen LogP contribution in [0.15, 0.2) is 48.4 Å². The van der Waals surface area contributed by atoms with Crippen LogP contribution in [-0.2, 0) is 22.5 Å². The van der Waals surface area contributed by atoms with Crippen molar-refractivity contribution >= 4 is 62.2 Å². The lowest BCUT2D eigenvalue weighted by atomic mass is 10.0. The summed E-state index contributed by atoms with van der Waals surface area (Å²) in [6.45, 7) is 2.79. The van der Waals surface area contributed by atoms with E-state index < -0.39 is 18.1 Å². The molecule has 10 nitrogen and oxygen atoms in total. The smallest absolute Gasteiger partial charge is 0.257 e. The van der Waals surface area contributed by atoms with Gasteiger partial charge in [0.05, 0.1) is 53.1 Å². The Morgan fingerprint density at radius 1 is 1.23 bits per heavy atom. The number of amides is 1. The Bertz CT molecular complexity index is 1890. The normalized spacial score (nSPS) is 17.2. The molecule has 1 fully saturated rings. The van der Waals surface area contributed by atoms with E-state index in [-0.39, 0.29) is 13.0 Å². The fraction of sp³-hybridized carbons (Fsp3) is 0.276. The number of nitriles is 1. The van der Waals surface area contributed by atoms with Gasteiger partial charge in [0, 0.05) is 53.9 Å². The Hall–Kier alpha value is -4.02. The van der Waals surface area contributed by atoms with E-state index in [0.29, 0.717) is 80.5 Å². The second-order valence-electron chi connectivity index (χ2n) is 10.3. The van der Waals surface area contributed by atoms with Crippen molar-refractivity contribution in [3.05, 3.63) is 75.4 Å². The number of carbonyl (C=O) groups is 1. The van der Waals surface area contributed by atoms with Gasteiger partial charge in [0.2, 0.25) is 0 Å². The average molecular weight is 638 g/mol. The van der Waals surface area contributed by atoms with Gasteiger partial charge in [-0.05, 0) is 23.8 Å². The number of anilines is 2. The van der Waals surface area contributed by atoms with Crippen LogP contribution in [0.25, 0.3) is 22.0 Å². The first-order valence-electron chi connectivity index (χ1n) is 13.5. The van der Waals surface area contributed by atoms with E-state index in [9.17, 15) is 14.4 Å². The number of thiazole rings is 1. The Morgan fingerprint density at radius 3 is 2.84 bits per heavy atom. The zero-order chi connectivity index (χ0) is 29.7. The monoisotopic (exact) mass is 636 g/mol. The number of fused-ring (bicyclic) bond motifs is 2. The second kappa shape index (κ2) is 11.2. The molecule has 0 spiro atoms. The molecule has 1 saturated heterocycles. The van der Waals surface area contributed by atoms with Gasteiger partial charge in [0.1, 0.15) is 17.8 Å². The average Bonchev–Trinajstić information content (AvgIpc) is 3.82. The predicted molar refractivity (Wildman–Crippen MR) is 163 cm³/mol. The Morgan fingerprint density at radius 2 is 2.07 bits per heavy atom. The van der Waals surface area contributed by atoms with Gasteiger partial charge in [-0.2, -0.15) is 10.4 Å². The number of hydrogen-bond acceptors (Lipinski definition) is 8. The molecule has 0 saturated carbocycles. The van der Waals surface area contributed by atoms with Crippen LogP contribution in [0.4, 0.5) is 15.2 Å². The predicted octanol–water partition coefficient (Wildman–Crippen LogP) is 5.49. The van der Waals surface area contributed by atoms with Crippen molar-refractivity contribution in [2.75, 3.05) is 36.5 Å². The number of benzene rings is 2. The van der Waals surface area contributed by atoms with E-state index in [1.54, 1.807) is 40.8 Å². The van der Waals surface area contributed by atoms with Crippen LogP contribution in [-0.4, -0.2) is 62.7 Å². The maximum absolute atomic E-state index is 14.3. The van der Waals surface area contributed by atoms with Gasteiger partial charge in [-0.3, -0.25) is 14.8 Å². The van der Waals surface area contributed by atoms with E-state index in [4.69, 9.17) is 33.0 Å². The molecule has 14 heteroatoms. The zero-order valence-electron chi connectivity index (χ0n) is 22.5. The van der Waals surface area contributed by atoms with E-state index in [2.05, 4.69) is 26.3 Å². The van der Waals surface area contributed by atoms with E-state index >= 15 is 0 Å². The number of rotatable bonds is 6. The van der Waals surface area contributed by atoms with E-state index in [1.165, 1.54) is 16.0 Å². The molecule has 2 aromatic carbocycles. The third-order valence-corrected chi connectivity index (χ3v) is 9.09. The Labute approximate surface area is 259 Å². The standard InChI is InChI=1S/C29H23Cl2FN8O2S/c30-21-11-19(16-1-2-22(17(9-16)12-33)38-4-6-42-7-5-38)24(31)25-20(21)14-40(37-25)27(28(41)36-29-34-3-8-43-29)26-23-10-18(32)13-39(23)15-35-26/h1-3,8-9,11,14-15,18,27H,4-7,10,13H2,(H,34,36,41)/t18-,27?/m1/s1. The lowest BCUT2D eigenvalue weighted by Gasteiger charge is -2.29. The molecule has 0 bridgehead atoms. The number of carbonyl (C=O) groups excluding carboxylic acids is 1. The molecule has 0 aliphatic carbocycles. The van der Waals surface area contributed by atoms with Crippen LogP contribution >= 0.6 is 34.5 Å². The summed E-state index contributed by atoms with van der Waals surface area (Å²) in [4.78, 5) is 24.5. The van der Waals surface area contributed by atoms with Gasteiger partial charge in [-0.25, -0.2) is 14.4 Å². The minimum absolute atomic E-state index is 0.143. The number of nitrogens with zero attached hydrogens (tertiary/aromatic N) is 7. The topological polar surface area (TPSA) is 114 Å². The third-order valence-electron chi connectivity index (χ3n) is 7.71. The third kappa shape index (κ3) is 5.02. The van der Waals surface area contributed by atoms with Crippen molar-refractivity contribution in [2.24, 2.45) is 0 Å². The lowest BCUT2D eigenvalue weighted by molar-refractivity contribution is -0.118. The van der Waals surface area contributed by atoms with Crippen molar-refractivity contribution in [2.45, 2.75) is 25.2 Å². The fourth-order valence-corrected chi connectivity index (χ4v) is 6.77. The molecule has 2 atom stereocenters. The van der Waals surface area contributed by atoms with Crippen LogP contribution in [0.3, 0.4) is 0 Å². The van der Waals surface area contributed by atoms with Crippen molar-refractivity contribution in [3.8, 4) is 17.2 Å². The number of alkyl halides is 1. The summed E-state index contributed by atoms with van der Waals surface area (Å²) in [5.41, 5.74) is 4.05. The van der Waals surface area contributed by atoms with Crippen LogP contribution in [0, 0.1) is 11.3 Å². The number of aromatic nitrogens is 5. The van der Waals surface area contributed by atoms with Crippen molar-refractivity contribution in [1.82, 2.24) is 24.3 Å². The van der Waals surface area contributed by atoms with Crippen LogP contribution < -0.4 is 10.2 Å².